The van der Waals surface area contributed by atoms with E-state index in [1.54, 1.807) is 0 Å². The fraction of sp³-hybridized carbons (Fsp3) is 0.455. The van der Waals surface area contributed by atoms with E-state index in [9.17, 15) is 16.8 Å². The second-order valence-corrected chi connectivity index (χ2v) is 7.74. The lowest BCUT2D eigenvalue weighted by Gasteiger charge is -2.23. The SMILES string of the molecule is NS(=O)(=O)c1ccccc1S(=O)(=O)NC1CCCOC1. The molecular weight excluding hydrogens is 304 g/mol. The number of nitrogens with one attached hydrogen (secondary N) is 1. The molecule has 3 N–H and O–H groups in total. The molecule has 2 rings (SSSR count). The molecule has 1 aromatic rings. The monoisotopic (exact) mass is 320 g/mol. The zero-order valence-electron chi connectivity index (χ0n) is 10.7. The topological polar surface area (TPSA) is 116 Å². The minimum absolute atomic E-state index is 0.275. The van der Waals surface area contributed by atoms with Crippen LogP contribution >= 0.6 is 0 Å². The van der Waals surface area contributed by atoms with E-state index in [2.05, 4.69) is 4.72 Å². The Balaban J connectivity index is 2.34. The van der Waals surface area contributed by atoms with Crippen molar-refractivity contribution in [1.82, 2.24) is 4.72 Å². The van der Waals surface area contributed by atoms with Gasteiger partial charge in [-0.25, -0.2) is 26.7 Å². The van der Waals surface area contributed by atoms with Gasteiger partial charge in [-0.1, -0.05) is 12.1 Å². The van der Waals surface area contributed by atoms with Gasteiger partial charge in [-0.15, -0.1) is 0 Å². The molecule has 0 saturated carbocycles. The van der Waals surface area contributed by atoms with Crippen molar-refractivity contribution in [2.45, 2.75) is 28.7 Å². The van der Waals surface area contributed by atoms with Crippen molar-refractivity contribution in [3.63, 3.8) is 0 Å². The van der Waals surface area contributed by atoms with Crippen molar-refractivity contribution >= 4 is 20.0 Å². The second-order valence-electron chi connectivity index (χ2n) is 4.53. The van der Waals surface area contributed by atoms with Gasteiger partial charge in [0.2, 0.25) is 20.0 Å². The molecule has 1 atom stereocenters. The van der Waals surface area contributed by atoms with Crippen LogP contribution in [-0.4, -0.2) is 36.1 Å². The first-order valence-corrected chi connectivity index (χ1v) is 9.05. The summed E-state index contributed by atoms with van der Waals surface area (Å²) in [4.78, 5) is -0.752. The van der Waals surface area contributed by atoms with E-state index in [4.69, 9.17) is 9.88 Å². The number of ether oxygens (including phenoxy) is 1. The highest BCUT2D eigenvalue weighted by atomic mass is 32.2. The first kappa shape index (κ1) is 15.4. The molecule has 1 saturated heterocycles. The molecule has 20 heavy (non-hydrogen) atoms. The van der Waals surface area contributed by atoms with Gasteiger partial charge in [-0.2, -0.15) is 0 Å². The van der Waals surface area contributed by atoms with Gasteiger partial charge in [-0.05, 0) is 25.0 Å². The van der Waals surface area contributed by atoms with Gasteiger partial charge >= 0.3 is 0 Å². The zero-order valence-corrected chi connectivity index (χ0v) is 12.3. The molecule has 112 valence electrons. The summed E-state index contributed by atoms with van der Waals surface area (Å²) in [6.07, 6.45) is 1.40. The van der Waals surface area contributed by atoms with Crippen LogP contribution in [-0.2, 0) is 24.8 Å². The maximum Gasteiger partial charge on any atom is 0.242 e. The third-order valence-electron chi connectivity index (χ3n) is 2.93. The summed E-state index contributed by atoms with van der Waals surface area (Å²) in [5.41, 5.74) is 0. The van der Waals surface area contributed by atoms with Gasteiger partial charge in [0.25, 0.3) is 0 Å². The summed E-state index contributed by atoms with van der Waals surface area (Å²) >= 11 is 0. The molecule has 0 spiro atoms. The summed E-state index contributed by atoms with van der Waals surface area (Å²) in [5, 5.41) is 5.04. The maximum absolute atomic E-state index is 12.3. The quantitative estimate of drug-likeness (QED) is 0.796. The van der Waals surface area contributed by atoms with Gasteiger partial charge in [0.15, 0.2) is 0 Å². The Kier molecular flexibility index (Phi) is 4.45. The van der Waals surface area contributed by atoms with Gasteiger partial charge < -0.3 is 4.74 Å². The molecule has 7 nitrogen and oxygen atoms in total. The fourth-order valence-electron chi connectivity index (χ4n) is 2.02. The van der Waals surface area contributed by atoms with Crippen molar-refractivity contribution in [1.29, 1.82) is 0 Å². The van der Waals surface area contributed by atoms with E-state index in [1.807, 2.05) is 0 Å². The van der Waals surface area contributed by atoms with E-state index >= 15 is 0 Å². The lowest BCUT2D eigenvalue weighted by Crippen LogP contribution is -2.41. The van der Waals surface area contributed by atoms with E-state index in [0.29, 0.717) is 13.0 Å². The number of nitrogens with two attached hydrogens (primary N) is 1. The number of primary sulfonamides is 1. The Morgan fingerprint density at radius 2 is 1.80 bits per heavy atom. The smallest absolute Gasteiger partial charge is 0.242 e. The van der Waals surface area contributed by atoms with Crippen molar-refractivity contribution in [2.24, 2.45) is 5.14 Å². The fourth-order valence-corrected chi connectivity index (χ4v) is 4.66. The van der Waals surface area contributed by atoms with Crippen LogP contribution < -0.4 is 9.86 Å². The summed E-state index contributed by atoms with van der Waals surface area (Å²) in [7, 11) is -8.07. The first-order chi connectivity index (χ1) is 9.31. The number of benzene rings is 1. The van der Waals surface area contributed by atoms with Gasteiger partial charge in [-0.3, -0.25) is 0 Å². The minimum atomic E-state index is -4.11. The van der Waals surface area contributed by atoms with E-state index in [0.717, 1.165) is 6.42 Å². The average molecular weight is 320 g/mol. The summed E-state index contributed by atoms with van der Waals surface area (Å²) in [5.74, 6) is 0. The molecule has 1 aromatic carbocycles. The van der Waals surface area contributed by atoms with Crippen molar-refractivity contribution in [3.8, 4) is 0 Å². The second kappa shape index (κ2) is 5.78. The minimum Gasteiger partial charge on any atom is -0.380 e. The van der Waals surface area contributed by atoms with E-state index in [-0.39, 0.29) is 17.5 Å². The summed E-state index contributed by atoms with van der Waals surface area (Å²) in [6, 6.07) is 4.89. The van der Waals surface area contributed by atoms with Gasteiger partial charge in [0.05, 0.1) is 6.61 Å². The molecule has 1 unspecified atom stereocenters. The van der Waals surface area contributed by atoms with Crippen LogP contribution in [0, 0.1) is 0 Å². The predicted octanol–water partition coefficient (Wildman–Crippen LogP) is -0.209. The van der Waals surface area contributed by atoms with Crippen LogP contribution in [0.15, 0.2) is 34.1 Å². The van der Waals surface area contributed by atoms with Crippen LogP contribution in [0.4, 0.5) is 0 Å². The van der Waals surface area contributed by atoms with Crippen LogP contribution in [0.2, 0.25) is 0 Å². The Labute approximate surface area is 118 Å². The molecule has 9 heteroatoms. The molecular formula is C11H16N2O5S2. The third kappa shape index (κ3) is 3.55. The lowest BCUT2D eigenvalue weighted by atomic mass is 10.1. The predicted molar refractivity (Wildman–Crippen MR) is 72.0 cm³/mol. The summed E-state index contributed by atoms with van der Waals surface area (Å²) < 4.78 is 55.1. The highest BCUT2D eigenvalue weighted by molar-refractivity contribution is 7.92. The molecule has 1 aliphatic heterocycles. The highest BCUT2D eigenvalue weighted by Gasteiger charge is 2.27. The highest BCUT2D eigenvalue weighted by Crippen LogP contribution is 2.20. The Morgan fingerprint density at radius 3 is 2.35 bits per heavy atom. The Bertz CT molecular complexity index is 679. The van der Waals surface area contributed by atoms with Crippen LogP contribution in [0.1, 0.15) is 12.8 Å². The standard InChI is InChI=1S/C11H16N2O5S2/c12-19(14,15)10-5-1-2-6-11(10)20(16,17)13-9-4-3-7-18-8-9/h1-2,5-6,9,13H,3-4,7-8H2,(H2,12,14,15). The maximum atomic E-state index is 12.3. The average Bonchev–Trinajstić information content (AvgIpc) is 2.38. The Hall–Kier alpha value is -1.00. The van der Waals surface area contributed by atoms with Gasteiger partial charge in [0, 0.05) is 12.6 Å². The Morgan fingerprint density at radius 1 is 1.15 bits per heavy atom. The number of sulfonamides is 2. The molecule has 0 aromatic heterocycles. The molecule has 1 fully saturated rings. The zero-order chi connectivity index (χ0) is 14.8. The van der Waals surface area contributed by atoms with Gasteiger partial charge in [0.1, 0.15) is 9.79 Å². The molecule has 0 amide bonds. The number of rotatable bonds is 4. The van der Waals surface area contributed by atoms with Crippen LogP contribution in [0.3, 0.4) is 0 Å². The number of hydrogen-bond acceptors (Lipinski definition) is 5. The lowest BCUT2D eigenvalue weighted by molar-refractivity contribution is 0.0774. The number of hydrogen-bond donors (Lipinski definition) is 2. The molecule has 1 heterocycles. The first-order valence-electron chi connectivity index (χ1n) is 6.02. The molecule has 0 aliphatic carbocycles. The van der Waals surface area contributed by atoms with E-state index < -0.39 is 24.9 Å². The van der Waals surface area contributed by atoms with Crippen molar-refractivity contribution in [2.75, 3.05) is 13.2 Å². The molecule has 0 radical (unpaired) electrons. The molecule has 1 aliphatic rings. The van der Waals surface area contributed by atoms with E-state index in [1.165, 1.54) is 24.3 Å². The van der Waals surface area contributed by atoms with Crippen LogP contribution in [0.25, 0.3) is 0 Å². The van der Waals surface area contributed by atoms with Crippen molar-refractivity contribution < 1.29 is 21.6 Å². The largest absolute Gasteiger partial charge is 0.380 e. The third-order valence-corrected chi connectivity index (χ3v) is 5.60. The molecule has 0 bridgehead atoms. The normalized spacial score (nSPS) is 20.8. The van der Waals surface area contributed by atoms with Crippen molar-refractivity contribution in [3.05, 3.63) is 24.3 Å². The summed E-state index contributed by atoms with van der Waals surface area (Å²) in [6.45, 7) is 0.878. The van der Waals surface area contributed by atoms with Crippen LogP contribution in [0.5, 0.6) is 0 Å².